The second-order valence-corrected chi connectivity index (χ2v) is 8.61. The fraction of sp³-hybridized carbons (Fsp3) is 0.143. The number of aromatic nitrogens is 1. The minimum absolute atomic E-state index is 0.0418. The van der Waals surface area contributed by atoms with Crippen LogP contribution >= 0.6 is 0 Å². The van der Waals surface area contributed by atoms with Crippen molar-refractivity contribution in [2.24, 2.45) is 0 Å². The van der Waals surface area contributed by atoms with Gasteiger partial charge in [-0.15, -0.1) is 0 Å². The van der Waals surface area contributed by atoms with Gasteiger partial charge in [-0.1, -0.05) is 48.5 Å². The van der Waals surface area contributed by atoms with Crippen LogP contribution in [0.4, 0.5) is 5.69 Å². The Kier molecular flexibility index (Phi) is 4.58. The molecule has 0 bridgehead atoms. The molecule has 156 valence electrons. The van der Waals surface area contributed by atoms with E-state index < -0.39 is 0 Å². The van der Waals surface area contributed by atoms with Gasteiger partial charge in [0.1, 0.15) is 0 Å². The van der Waals surface area contributed by atoms with Crippen molar-refractivity contribution in [1.29, 1.82) is 0 Å². The van der Waals surface area contributed by atoms with Gasteiger partial charge < -0.3 is 5.32 Å². The van der Waals surface area contributed by atoms with E-state index in [1.54, 1.807) is 6.20 Å². The number of amides is 1. The summed E-state index contributed by atoms with van der Waals surface area (Å²) in [7, 11) is 0. The van der Waals surface area contributed by atoms with Gasteiger partial charge in [0.15, 0.2) is 0 Å². The lowest BCUT2D eigenvalue weighted by Gasteiger charge is -2.14. The van der Waals surface area contributed by atoms with Gasteiger partial charge in [0.05, 0.1) is 0 Å². The number of benzene rings is 3. The Hall–Kier alpha value is -3.76. The molecule has 0 unspecified atom stereocenters. The molecular weight excluding hydrogens is 394 g/mol. The maximum atomic E-state index is 13.2. The molecule has 2 aliphatic rings. The number of rotatable bonds is 4. The largest absolute Gasteiger partial charge is 0.322 e. The van der Waals surface area contributed by atoms with Crippen molar-refractivity contribution in [2.45, 2.75) is 26.1 Å². The number of nitrogens with one attached hydrogen (secondary N) is 1. The van der Waals surface area contributed by atoms with Gasteiger partial charge in [-0.2, -0.15) is 0 Å². The predicted molar refractivity (Wildman–Crippen MR) is 126 cm³/mol. The SMILES string of the molecule is O=C(Nc1ccc2c(c1)CN(Cc1cccnc1)C2)c1cccc2c1Cc1ccccc1-2. The van der Waals surface area contributed by atoms with Crippen molar-refractivity contribution in [3.63, 3.8) is 0 Å². The van der Waals surface area contributed by atoms with E-state index in [0.717, 1.165) is 42.9 Å². The van der Waals surface area contributed by atoms with E-state index in [1.165, 1.54) is 33.4 Å². The lowest BCUT2D eigenvalue weighted by Crippen LogP contribution is -2.15. The van der Waals surface area contributed by atoms with Crippen molar-refractivity contribution in [1.82, 2.24) is 9.88 Å². The van der Waals surface area contributed by atoms with Crippen molar-refractivity contribution >= 4 is 11.6 Å². The first-order valence-electron chi connectivity index (χ1n) is 11.0. The fourth-order valence-corrected chi connectivity index (χ4v) is 4.97. The molecule has 1 aromatic heterocycles. The van der Waals surface area contributed by atoms with E-state index in [9.17, 15) is 4.79 Å². The van der Waals surface area contributed by atoms with E-state index in [2.05, 4.69) is 63.7 Å². The van der Waals surface area contributed by atoms with Crippen LogP contribution in [-0.4, -0.2) is 15.8 Å². The van der Waals surface area contributed by atoms with Crippen LogP contribution in [0.2, 0.25) is 0 Å². The summed E-state index contributed by atoms with van der Waals surface area (Å²) < 4.78 is 0. The van der Waals surface area contributed by atoms with E-state index in [-0.39, 0.29) is 5.91 Å². The highest BCUT2D eigenvalue weighted by atomic mass is 16.1. The van der Waals surface area contributed by atoms with E-state index in [0.29, 0.717) is 0 Å². The molecule has 0 fully saturated rings. The molecule has 6 rings (SSSR count). The zero-order valence-corrected chi connectivity index (χ0v) is 17.7. The summed E-state index contributed by atoms with van der Waals surface area (Å²) in [4.78, 5) is 19.8. The molecule has 0 saturated carbocycles. The maximum Gasteiger partial charge on any atom is 0.255 e. The zero-order chi connectivity index (χ0) is 21.5. The third-order valence-corrected chi connectivity index (χ3v) is 6.48. The topological polar surface area (TPSA) is 45.2 Å². The quantitative estimate of drug-likeness (QED) is 0.425. The number of nitrogens with zero attached hydrogens (tertiary/aromatic N) is 2. The Labute approximate surface area is 187 Å². The molecule has 1 amide bonds. The molecular formula is C28H23N3O. The lowest BCUT2D eigenvalue weighted by atomic mass is 10.0. The zero-order valence-electron chi connectivity index (χ0n) is 17.7. The average Bonchev–Trinajstić information content (AvgIpc) is 3.39. The molecule has 32 heavy (non-hydrogen) atoms. The van der Waals surface area contributed by atoms with Crippen molar-refractivity contribution in [3.8, 4) is 11.1 Å². The minimum atomic E-state index is -0.0418. The summed E-state index contributed by atoms with van der Waals surface area (Å²) in [5, 5.41) is 3.14. The second-order valence-electron chi connectivity index (χ2n) is 8.61. The Bertz CT molecular complexity index is 1330. The normalized spacial score (nSPS) is 14.0. The van der Waals surface area contributed by atoms with Crippen molar-refractivity contribution in [3.05, 3.63) is 119 Å². The summed E-state index contributed by atoms with van der Waals surface area (Å²) in [6.07, 6.45) is 4.53. The molecule has 1 N–H and O–H groups in total. The summed E-state index contributed by atoms with van der Waals surface area (Å²) in [6, 6.07) is 24.8. The minimum Gasteiger partial charge on any atom is -0.322 e. The van der Waals surface area contributed by atoms with E-state index >= 15 is 0 Å². The average molecular weight is 418 g/mol. The van der Waals surface area contributed by atoms with Crippen LogP contribution < -0.4 is 5.32 Å². The van der Waals surface area contributed by atoms with Gasteiger partial charge in [-0.25, -0.2) is 0 Å². The first kappa shape index (κ1) is 19.0. The van der Waals surface area contributed by atoms with Crippen LogP contribution in [0, 0.1) is 0 Å². The first-order chi connectivity index (χ1) is 15.7. The highest BCUT2D eigenvalue weighted by molar-refractivity contribution is 6.07. The number of fused-ring (bicyclic) bond motifs is 4. The van der Waals surface area contributed by atoms with Crippen molar-refractivity contribution in [2.75, 3.05) is 5.32 Å². The number of pyridine rings is 1. The summed E-state index contributed by atoms with van der Waals surface area (Å²) in [5.74, 6) is -0.0418. The number of carbonyl (C=O) groups excluding carboxylic acids is 1. The van der Waals surface area contributed by atoms with Crippen LogP contribution in [0.3, 0.4) is 0 Å². The molecule has 1 aliphatic carbocycles. The smallest absolute Gasteiger partial charge is 0.255 e. The third kappa shape index (κ3) is 3.39. The number of hydrogen-bond acceptors (Lipinski definition) is 3. The third-order valence-electron chi connectivity index (χ3n) is 6.48. The fourth-order valence-electron chi connectivity index (χ4n) is 4.97. The lowest BCUT2D eigenvalue weighted by molar-refractivity contribution is 0.102. The summed E-state index contributed by atoms with van der Waals surface area (Å²) >= 11 is 0. The second kappa shape index (κ2) is 7.74. The van der Waals surface area contributed by atoms with Gasteiger partial charge in [-0.05, 0) is 69.6 Å². The number of hydrogen-bond donors (Lipinski definition) is 1. The van der Waals surface area contributed by atoms with Crippen LogP contribution in [-0.2, 0) is 26.1 Å². The van der Waals surface area contributed by atoms with Crippen LogP contribution in [0.1, 0.15) is 38.2 Å². The Balaban J connectivity index is 1.20. The Morgan fingerprint density at radius 3 is 2.66 bits per heavy atom. The van der Waals surface area contributed by atoms with Crippen LogP contribution in [0.15, 0.2) is 85.2 Å². The molecule has 0 radical (unpaired) electrons. The van der Waals surface area contributed by atoms with Gasteiger partial charge in [0, 0.05) is 43.3 Å². The molecule has 4 heteroatoms. The molecule has 0 atom stereocenters. The van der Waals surface area contributed by atoms with Gasteiger partial charge in [0.2, 0.25) is 0 Å². The van der Waals surface area contributed by atoms with Gasteiger partial charge >= 0.3 is 0 Å². The summed E-state index contributed by atoms with van der Waals surface area (Å²) in [5.41, 5.74) is 10.2. The van der Waals surface area contributed by atoms with Crippen molar-refractivity contribution < 1.29 is 4.79 Å². The number of carbonyl (C=O) groups is 1. The predicted octanol–water partition coefficient (Wildman–Crippen LogP) is 5.42. The molecule has 1 aliphatic heterocycles. The highest BCUT2D eigenvalue weighted by Gasteiger charge is 2.24. The maximum absolute atomic E-state index is 13.2. The summed E-state index contributed by atoms with van der Waals surface area (Å²) in [6.45, 7) is 2.67. The monoisotopic (exact) mass is 417 g/mol. The molecule has 0 spiro atoms. The van der Waals surface area contributed by atoms with E-state index in [1.807, 2.05) is 30.5 Å². The Morgan fingerprint density at radius 1 is 0.875 bits per heavy atom. The molecule has 4 aromatic rings. The first-order valence-corrected chi connectivity index (χ1v) is 11.0. The number of anilines is 1. The Morgan fingerprint density at radius 2 is 1.75 bits per heavy atom. The van der Waals surface area contributed by atoms with Gasteiger partial charge in [0.25, 0.3) is 5.91 Å². The van der Waals surface area contributed by atoms with Gasteiger partial charge in [-0.3, -0.25) is 14.7 Å². The molecule has 2 heterocycles. The molecule has 4 nitrogen and oxygen atoms in total. The van der Waals surface area contributed by atoms with E-state index in [4.69, 9.17) is 0 Å². The standard InChI is InChI=1S/C28H23N3O/c32-28(26-9-3-8-25-24-7-2-1-6-20(24)14-27(25)26)30-23-11-10-21-17-31(18-22(21)13-23)16-19-5-4-12-29-15-19/h1-13,15H,14,16-18H2,(H,30,32). The molecule has 0 saturated heterocycles. The van der Waals surface area contributed by atoms with Crippen LogP contribution in [0.25, 0.3) is 11.1 Å². The molecule has 3 aromatic carbocycles. The highest BCUT2D eigenvalue weighted by Crippen LogP contribution is 2.38. The van der Waals surface area contributed by atoms with Crippen LogP contribution in [0.5, 0.6) is 0 Å².